The summed E-state index contributed by atoms with van der Waals surface area (Å²) in [6.45, 7) is 1.73. The van der Waals surface area contributed by atoms with Crippen molar-refractivity contribution in [1.29, 1.82) is 0 Å². The number of thioether (sulfide) groups is 1. The minimum atomic E-state index is 0.783. The van der Waals surface area contributed by atoms with Gasteiger partial charge in [0.1, 0.15) is 0 Å². The highest BCUT2D eigenvalue weighted by molar-refractivity contribution is 8.14. The summed E-state index contributed by atoms with van der Waals surface area (Å²) in [5, 5.41) is 5.11. The van der Waals surface area contributed by atoms with Gasteiger partial charge in [-0.3, -0.25) is 4.99 Å². The monoisotopic (exact) mass is 226 g/mol. The van der Waals surface area contributed by atoms with Crippen LogP contribution in [0.1, 0.15) is 5.56 Å². The number of aliphatic imine (C=N–C) groups is 1. The first-order chi connectivity index (χ1) is 6.84. The molecular weight excluding hydrogens is 216 g/mol. The lowest BCUT2D eigenvalue weighted by Gasteiger charge is -2.04. The van der Waals surface area contributed by atoms with Gasteiger partial charge in [-0.2, -0.15) is 0 Å². The van der Waals surface area contributed by atoms with E-state index in [-0.39, 0.29) is 0 Å². The maximum absolute atomic E-state index is 5.88. The van der Waals surface area contributed by atoms with Crippen molar-refractivity contribution in [3.05, 3.63) is 34.9 Å². The molecule has 0 spiro atoms. The van der Waals surface area contributed by atoms with Crippen LogP contribution in [0.5, 0.6) is 0 Å². The van der Waals surface area contributed by atoms with Crippen LogP contribution in [0.2, 0.25) is 5.02 Å². The van der Waals surface area contributed by atoms with E-state index in [0.717, 1.165) is 29.0 Å². The van der Waals surface area contributed by atoms with Crippen molar-refractivity contribution >= 4 is 28.5 Å². The lowest BCUT2D eigenvalue weighted by atomic mass is 10.2. The van der Waals surface area contributed by atoms with Crippen LogP contribution in [0.15, 0.2) is 29.3 Å². The Morgan fingerprint density at radius 2 is 2.43 bits per heavy atom. The van der Waals surface area contributed by atoms with Crippen LogP contribution in [0.3, 0.4) is 0 Å². The molecule has 0 atom stereocenters. The fraction of sp³-hybridized carbons (Fsp3) is 0.300. The van der Waals surface area contributed by atoms with Gasteiger partial charge < -0.3 is 5.32 Å². The third-order valence-electron chi connectivity index (χ3n) is 1.92. The largest absolute Gasteiger partial charge is 0.361 e. The first-order valence-electron chi connectivity index (χ1n) is 4.50. The Hall–Kier alpha value is -0.670. The van der Waals surface area contributed by atoms with E-state index in [9.17, 15) is 0 Å². The highest BCUT2D eigenvalue weighted by Gasteiger charge is 2.05. The highest BCUT2D eigenvalue weighted by atomic mass is 35.5. The van der Waals surface area contributed by atoms with Crippen LogP contribution >= 0.6 is 23.4 Å². The summed E-state index contributed by atoms with van der Waals surface area (Å²) < 4.78 is 0. The van der Waals surface area contributed by atoms with E-state index in [1.54, 1.807) is 11.8 Å². The molecule has 4 heteroatoms. The summed E-state index contributed by atoms with van der Waals surface area (Å²) in [5.74, 6) is 1.10. The van der Waals surface area contributed by atoms with Crippen LogP contribution in [0.25, 0.3) is 0 Å². The van der Waals surface area contributed by atoms with Crippen LogP contribution in [-0.4, -0.2) is 17.5 Å². The highest BCUT2D eigenvalue weighted by Crippen LogP contribution is 2.12. The quantitative estimate of drug-likeness (QED) is 0.838. The van der Waals surface area contributed by atoms with E-state index in [1.165, 1.54) is 5.56 Å². The Morgan fingerprint density at radius 3 is 3.14 bits per heavy atom. The van der Waals surface area contributed by atoms with Crippen LogP contribution in [0.4, 0.5) is 0 Å². The van der Waals surface area contributed by atoms with Gasteiger partial charge in [-0.1, -0.05) is 35.5 Å². The summed E-state index contributed by atoms with van der Waals surface area (Å²) in [7, 11) is 0. The molecule has 0 aromatic heterocycles. The smallest absolute Gasteiger partial charge is 0.156 e. The van der Waals surface area contributed by atoms with Crippen molar-refractivity contribution < 1.29 is 0 Å². The number of amidine groups is 1. The van der Waals surface area contributed by atoms with Gasteiger partial charge in [0.15, 0.2) is 5.17 Å². The van der Waals surface area contributed by atoms with Crippen LogP contribution < -0.4 is 5.32 Å². The van der Waals surface area contributed by atoms with Crippen molar-refractivity contribution in [2.45, 2.75) is 6.54 Å². The predicted octanol–water partition coefficient (Wildman–Crippen LogP) is 2.53. The lowest BCUT2D eigenvalue weighted by molar-refractivity contribution is 0.923. The molecule has 0 radical (unpaired) electrons. The second-order valence-electron chi connectivity index (χ2n) is 3.02. The van der Waals surface area contributed by atoms with E-state index in [0.29, 0.717) is 0 Å². The summed E-state index contributed by atoms with van der Waals surface area (Å²) in [5.41, 5.74) is 1.19. The van der Waals surface area contributed by atoms with Gasteiger partial charge in [0.2, 0.25) is 0 Å². The topological polar surface area (TPSA) is 24.4 Å². The fourth-order valence-electron chi connectivity index (χ4n) is 1.27. The number of rotatable bonds is 2. The first kappa shape index (κ1) is 9.87. The Balaban J connectivity index is 1.91. The van der Waals surface area contributed by atoms with Crippen LogP contribution in [0, 0.1) is 0 Å². The Bertz CT molecular complexity index is 352. The molecule has 0 unspecified atom stereocenters. The zero-order valence-electron chi connectivity index (χ0n) is 7.66. The Kier molecular flexibility index (Phi) is 3.32. The molecule has 1 aliphatic rings. The average Bonchev–Trinajstić information content (AvgIpc) is 2.67. The molecule has 0 saturated carbocycles. The molecule has 0 fully saturated rings. The van der Waals surface area contributed by atoms with Crippen LogP contribution in [-0.2, 0) is 6.54 Å². The number of nitrogens with zero attached hydrogens (tertiary/aromatic N) is 1. The molecule has 1 aromatic rings. The van der Waals surface area contributed by atoms with Crippen molar-refractivity contribution in [1.82, 2.24) is 5.32 Å². The molecule has 1 aromatic carbocycles. The van der Waals surface area contributed by atoms with Gasteiger partial charge in [0, 0.05) is 17.3 Å². The van der Waals surface area contributed by atoms with E-state index < -0.39 is 0 Å². The molecule has 1 N–H and O–H groups in total. The molecule has 74 valence electrons. The summed E-state index contributed by atoms with van der Waals surface area (Å²) in [6.07, 6.45) is 0. The predicted molar refractivity (Wildman–Crippen MR) is 63.1 cm³/mol. The first-order valence-corrected chi connectivity index (χ1v) is 5.86. The second-order valence-corrected chi connectivity index (χ2v) is 4.54. The normalized spacial score (nSPS) is 15.4. The van der Waals surface area contributed by atoms with E-state index >= 15 is 0 Å². The molecule has 1 aliphatic heterocycles. The SMILES string of the molecule is Clc1cccc(CNC2=NCCS2)c1. The standard InChI is InChI=1S/C10H11ClN2S/c11-9-3-1-2-8(6-9)7-13-10-12-4-5-14-10/h1-3,6H,4-5,7H2,(H,12,13). The molecule has 0 aliphatic carbocycles. The average molecular weight is 227 g/mol. The van der Waals surface area contributed by atoms with Crippen molar-refractivity contribution in [3.8, 4) is 0 Å². The van der Waals surface area contributed by atoms with E-state index in [4.69, 9.17) is 11.6 Å². The van der Waals surface area contributed by atoms with Gasteiger partial charge in [-0.25, -0.2) is 0 Å². The van der Waals surface area contributed by atoms with E-state index in [2.05, 4.69) is 16.4 Å². The number of hydrogen-bond donors (Lipinski definition) is 1. The van der Waals surface area contributed by atoms with Gasteiger partial charge in [0.05, 0.1) is 6.54 Å². The Morgan fingerprint density at radius 1 is 1.50 bits per heavy atom. The second kappa shape index (κ2) is 4.71. The van der Waals surface area contributed by atoms with Crippen molar-refractivity contribution in [2.24, 2.45) is 4.99 Å². The van der Waals surface area contributed by atoms with Crippen molar-refractivity contribution in [2.75, 3.05) is 12.3 Å². The molecule has 0 saturated heterocycles. The molecular formula is C10H11ClN2S. The minimum Gasteiger partial charge on any atom is -0.361 e. The zero-order chi connectivity index (χ0) is 9.80. The maximum atomic E-state index is 5.88. The summed E-state index contributed by atoms with van der Waals surface area (Å²) in [6, 6.07) is 7.86. The van der Waals surface area contributed by atoms with Gasteiger partial charge in [-0.05, 0) is 17.7 Å². The van der Waals surface area contributed by atoms with Crippen molar-refractivity contribution in [3.63, 3.8) is 0 Å². The number of hydrogen-bond acceptors (Lipinski definition) is 3. The summed E-state index contributed by atoms with van der Waals surface area (Å²) >= 11 is 7.65. The number of benzene rings is 1. The molecule has 0 amide bonds. The third kappa shape index (κ3) is 2.66. The fourth-order valence-corrected chi connectivity index (χ4v) is 2.21. The molecule has 2 nitrogen and oxygen atoms in total. The minimum absolute atomic E-state index is 0.783. The van der Waals surface area contributed by atoms with Gasteiger partial charge in [0.25, 0.3) is 0 Å². The zero-order valence-corrected chi connectivity index (χ0v) is 9.24. The number of nitrogens with one attached hydrogen (secondary N) is 1. The maximum Gasteiger partial charge on any atom is 0.156 e. The van der Waals surface area contributed by atoms with Gasteiger partial charge >= 0.3 is 0 Å². The molecule has 0 bridgehead atoms. The van der Waals surface area contributed by atoms with Gasteiger partial charge in [-0.15, -0.1) is 0 Å². The molecule has 1 heterocycles. The number of halogens is 1. The third-order valence-corrected chi connectivity index (χ3v) is 3.09. The Labute approximate surface area is 92.8 Å². The molecule has 14 heavy (non-hydrogen) atoms. The molecule has 2 rings (SSSR count). The van der Waals surface area contributed by atoms with E-state index in [1.807, 2.05) is 18.2 Å². The summed E-state index contributed by atoms with van der Waals surface area (Å²) in [4.78, 5) is 4.31. The lowest BCUT2D eigenvalue weighted by Crippen LogP contribution is -2.17.